The topological polar surface area (TPSA) is 96.9 Å². The fourth-order valence-corrected chi connectivity index (χ4v) is 6.01. The van der Waals surface area contributed by atoms with Crippen molar-refractivity contribution in [1.29, 1.82) is 0 Å². The van der Waals surface area contributed by atoms with Crippen molar-refractivity contribution in [2.24, 2.45) is 5.92 Å². The number of H-pyrrole nitrogens is 1. The van der Waals surface area contributed by atoms with Crippen molar-refractivity contribution < 1.29 is 19.5 Å². The highest BCUT2D eigenvalue weighted by Crippen LogP contribution is 2.27. The van der Waals surface area contributed by atoms with Gasteiger partial charge >= 0.3 is 12.0 Å². The number of likely N-dealkylation sites (N-methyl/N-ethyl adjacent to an activating group) is 1. The predicted molar refractivity (Wildman–Crippen MR) is 164 cm³/mol. The average molecular weight is 608 g/mol. The van der Waals surface area contributed by atoms with E-state index in [1.54, 1.807) is 46.0 Å². The van der Waals surface area contributed by atoms with Gasteiger partial charge in [0.05, 0.1) is 6.42 Å². The van der Waals surface area contributed by atoms with Gasteiger partial charge in [0.2, 0.25) is 0 Å². The molecule has 0 bridgehead atoms. The van der Waals surface area contributed by atoms with Crippen LogP contribution in [0.3, 0.4) is 0 Å². The Morgan fingerprint density at radius 2 is 1.64 bits per heavy atom. The van der Waals surface area contributed by atoms with Crippen LogP contribution in [0.5, 0.6) is 0 Å². The summed E-state index contributed by atoms with van der Waals surface area (Å²) in [4.78, 5) is 47.0. The van der Waals surface area contributed by atoms with Crippen molar-refractivity contribution in [3.05, 3.63) is 105 Å². The van der Waals surface area contributed by atoms with Crippen LogP contribution in [0.1, 0.15) is 33.5 Å². The van der Waals surface area contributed by atoms with E-state index in [0.717, 1.165) is 22.0 Å². The molecule has 1 aromatic heterocycles. The molecule has 1 atom stereocenters. The minimum atomic E-state index is -0.925. The van der Waals surface area contributed by atoms with E-state index in [4.69, 9.17) is 23.2 Å². The number of carbonyl (C=O) groups excluding carboxylic acids is 2. The fourth-order valence-electron chi connectivity index (χ4n) is 5.54. The number of benzene rings is 3. The first kappa shape index (κ1) is 29.5. The summed E-state index contributed by atoms with van der Waals surface area (Å²) in [6.45, 7) is 1.48. The van der Waals surface area contributed by atoms with Gasteiger partial charge in [0.25, 0.3) is 5.91 Å². The lowest BCUT2D eigenvalue weighted by molar-refractivity contribution is -0.138. The second kappa shape index (κ2) is 12.9. The van der Waals surface area contributed by atoms with Crippen LogP contribution in [0.15, 0.2) is 72.9 Å². The Bertz CT molecular complexity index is 1620. The number of carbonyl (C=O) groups is 3. The molecular formula is C32H32Cl2N4O4. The van der Waals surface area contributed by atoms with Gasteiger partial charge in [-0.05, 0) is 47.4 Å². The second-order valence-corrected chi connectivity index (χ2v) is 11.6. The molecule has 4 aromatic rings. The summed E-state index contributed by atoms with van der Waals surface area (Å²) in [7, 11) is 1.78. The summed E-state index contributed by atoms with van der Waals surface area (Å²) < 4.78 is 0. The molecule has 0 aliphatic carbocycles. The number of nitrogens with zero attached hydrogens (tertiary/aromatic N) is 3. The maximum atomic E-state index is 13.6. The number of aliphatic carboxylic acids is 1. The molecule has 0 saturated carbocycles. The lowest BCUT2D eigenvalue weighted by Crippen LogP contribution is -2.53. The molecule has 1 fully saturated rings. The molecule has 10 heteroatoms. The van der Waals surface area contributed by atoms with Crippen molar-refractivity contribution in [2.75, 3.05) is 26.7 Å². The predicted octanol–water partition coefficient (Wildman–Crippen LogP) is 6.32. The standard InChI is InChI=1S/C32H32Cl2N4O4/c1-36(13-12-22-16-35-29-9-5-4-7-26(22)29)31(41)27-8-3-2-6-23(27)19-37-17-21(14-30(39)40)18-38(32(37)42)20-24-10-11-25(33)15-28(24)34/h2-11,15-16,21,35H,12-14,17-20H2,1H3,(H,39,40). The van der Waals surface area contributed by atoms with E-state index in [0.29, 0.717) is 34.1 Å². The van der Waals surface area contributed by atoms with E-state index >= 15 is 0 Å². The quantitative estimate of drug-likeness (QED) is 0.221. The zero-order valence-electron chi connectivity index (χ0n) is 23.2. The van der Waals surface area contributed by atoms with Crippen molar-refractivity contribution in [3.8, 4) is 0 Å². The molecule has 2 heterocycles. The van der Waals surface area contributed by atoms with Crippen LogP contribution in [0, 0.1) is 5.92 Å². The number of aromatic nitrogens is 1. The Morgan fingerprint density at radius 1 is 0.952 bits per heavy atom. The van der Waals surface area contributed by atoms with Crippen molar-refractivity contribution in [1.82, 2.24) is 19.7 Å². The van der Waals surface area contributed by atoms with Crippen molar-refractivity contribution in [2.45, 2.75) is 25.9 Å². The number of rotatable bonds is 10. The number of halogens is 2. The SMILES string of the molecule is CN(CCc1c[nH]c2ccccc12)C(=O)c1ccccc1CN1CC(CC(=O)O)CN(Cc2ccc(Cl)cc2Cl)C1=O. The largest absolute Gasteiger partial charge is 0.481 e. The number of carboxylic acid groups (broad SMARTS) is 1. The summed E-state index contributed by atoms with van der Waals surface area (Å²) in [6, 6.07) is 20.2. The lowest BCUT2D eigenvalue weighted by Gasteiger charge is -2.40. The molecule has 8 nitrogen and oxygen atoms in total. The number of urea groups is 1. The van der Waals surface area contributed by atoms with Gasteiger partial charge in [0.15, 0.2) is 0 Å². The third-order valence-electron chi connectivity index (χ3n) is 7.68. The monoisotopic (exact) mass is 606 g/mol. The number of carboxylic acids is 1. The van der Waals surface area contributed by atoms with Crippen molar-refractivity contribution >= 4 is 52.0 Å². The molecule has 1 saturated heterocycles. The number of hydrogen-bond donors (Lipinski definition) is 2. The lowest BCUT2D eigenvalue weighted by atomic mass is 9.99. The highest BCUT2D eigenvalue weighted by molar-refractivity contribution is 6.35. The maximum absolute atomic E-state index is 13.6. The average Bonchev–Trinajstić information content (AvgIpc) is 3.38. The van der Waals surface area contributed by atoms with Crippen LogP contribution in [0.4, 0.5) is 4.79 Å². The fraction of sp³-hybridized carbons (Fsp3) is 0.281. The molecule has 218 valence electrons. The first-order valence-electron chi connectivity index (χ1n) is 13.8. The van der Waals surface area contributed by atoms with Crippen LogP contribution in [-0.4, -0.2) is 69.4 Å². The second-order valence-electron chi connectivity index (χ2n) is 10.7. The van der Waals surface area contributed by atoms with Crippen LogP contribution in [0.25, 0.3) is 10.9 Å². The summed E-state index contributed by atoms with van der Waals surface area (Å²) in [5.41, 5.74) is 4.14. The molecule has 2 N–H and O–H groups in total. The molecule has 42 heavy (non-hydrogen) atoms. The van der Waals surface area contributed by atoms with Gasteiger partial charge in [-0.25, -0.2) is 4.79 Å². The third-order valence-corrected chi connectivity index (χ3v) is 8.27. The Labute approximate surface area is 254 Å². The minimum absolute atomic E-state index is 0.0776. The van der Waals surface area contributed by atoms with E-state index in [9.17, 15) is 19.5 Å². The number of hydrogen-bond acceptors (Lipinski definition) is 3. The van der Waals surface area contributed by atoms with Crippen LogP contribution < -0.4 is 0 Å². The van der Waals surface area contributed by atoms with E-state index in [1.807, 2.05) is 42.6 Å². The normalized spacial score (nSPS) is 15.3. The van der Waals surface area contributed by atoms with Gasteiger partial charge < -0.3 is 24.8 Å². The minimum Gasteiger partial charge on any atom is -0.481 e. The Hall–Kier alpha value is -4.01. The maximum Gasteiger partial charge on any atom is 0.320 e. The Kier molecular flexibility index (Phi) is 9.04. The van der Waals surface area contributed by atoms with Gasteiger partial charge in [-0.3, -0.25) is 9.59 Å². The van der Waals surface area contributed by atoms with E-state index < -0.39 is 5.97 Å². The number of amides is 3. The first-order valence-corrected chi connectivity index (χ1v) is 14.5. The number of nitrogens with one attached hydrogen (secondary N) is 1. The molecule has 0 spiro atoms. The first-order chi connectivity index (χ1) is 20.2. The Balaban J connectivity index is 1.32. The van der Waals surface area contributed by atoms with E-state index in [1.165, 1.54) is 0 Å². The van der Waals surface area contributed by atoms with Gasteiger partial charge in [-0.2, -0.15) is 0 Å². The molecule has 3 amide bonds. The molecule has 1 aliphatic rings. The van der Waals surface area contributed by atoms with Gasteiger partial charge in [-0.1, -0.05) is 65.7 Å². The molecule has 1 aliphatic heterocycles. The van der Waals surface area contributed by atoms with Gasteiger partial charge in [0, 0.05) is 78.4 Å². The van der Waals surface area contributed by atoms with Crippen molar-refractivity contribution in [3.63, 3.8) is 0 Å². The van der Waals surface area contributed by atoms with E-state index in [2.05, 4.69) is 11.1 Å². The van der Waals surface area contributed by atoms with Crippen LogP contribution in [0.2, 0.25) is 10.0 Å². The molecule has 0 radical (unpaired) electrons. The molecule has 3 aromatic carbocycles. The summed E-state index contributed by atoms with van der Waals surface area (Å²) in [6.07, 6.45) is 2.60. The number of aromatic amines is 1. The van der Waals surface area contributed by atoms with Gasteiger partial charge in [0.1, 0.15) is 0 Å². The van der Waals surface area contributed by atoms with Crippen LogP contribution in [-0.2, 0) is 24.3 Å². The zero-order chi connectivity index (χ0) is 29.8. The smallest absolute Gasteiger partial charge is 0.320 e. The van der Waals surface area contributed by atoms with Crippen LogP contribution >= 0.6 is 23.2 Å². The molecule has 1 unspecified atom stereocenters. The van der Waals surface area contributed by atoms with E-state index in [-0.39, 0.29) is 50.5 Å². The summed E-state index contributed by atoms with van der Waals surface area (Å²) >= 11 is 12.4. The molecular weight excluding hydrogens is 575 g/mol. The highest BCUT2D eigenvalue weighted by Gasteiger charge is 2.34. The Morgan fingerprint density at radius 3 is 2.38 bits per heavy atom. The highest BCUT2D eigenvalue weighted by atomic mass is 35.5. The number of fused-ring (bicyclic) bond motifs is 1. The van der Waals surface area contributed by atoms with Gasteiger partial charge in [-0.15, -0.1) is 0 Å². The number of para-hydroxylation sites is 1. The summed E-state index contributed by atoms with van der Waals surface area (Å²) in [5, 5.41) is 11.6. The molecule has 5 rings (SSSR count). The summed E-state index contributed by atoms with van der Waals surface area (Å²) in [5.74, 6) is -1.35. The third kappa shape index (κ3) is 6.72. The zero-order valence-corrected chi connectivity index (χ0v) is 24.7.